The van der Waals surface area contributed by atoms with Gasteiger partial charge in [-0.25, -0.2) is 0 Å². The predicted octanol–water partition coefficient (Wildman–Crippen LogP) is 3.92. The Morgan fingerprint density at radius 2 is 2.24 bits per heavy atom. The van der Waals surface area contributed by atoms with E-state index in [4.69, 9.17) is 11.6 Å². The Morgan fingerprint density at radius 3 is 2.76 bits per heavy atom. The highest BCUT2D eigenvalue weighted by atomic mass is 79.9. The third-order valence-electron chi connectivity index (χ3n) is 2.61. The average molecular weight is 337 g/mol. The summed E-state index contributed by atoms with van der Waals surface area (Å²) < 4.78 is 0. The van der Waals surface area contributed by atoms with Gasteiger partial charge in [0.25, 0.3) is 5.91 Å². The van der Waals surface area contributed by atoms with Gasteiger partial charge in [-0.1, -0.05) is 27.5 Å². The first-order chi connectivity index (χ1) is 8.01. The molecule has 0 aliphatic rings. The van der Waals surface area contributed by atoms with Gasteiger partial charge in [-0.15, -0.1) is 11.8 Å². The van der Waals surface area contributed by atoms with Crippen LogP contribution in [0.15, 0.2) is 23.1 Å². The van der Waals surface area contributed by atoms with E-state index in [1.165, 1.54) is 0 Å². The molecule has 1 aromatic carbocycles. The third kappa shape index (κ3) is 3.63. The van der Waals surface area contributed by atoms with Gasteiger partial charge in [-0.05, 0) is 31.4 Å². The molecule has 0 saturated heterocycles. The first-order valence-corrected chi connectivity index (χ1v) is 7.90. The van der Waals surface area contributed by atoms with Crippen molar-refractivity contribution < 1.29 is 4.79 Å². The molecule has 0 N–H and O–H groups in total. The van der Waals surface area contributed by atoms with Crippen LogP contribution in [0.3, 0.4) is 0 Å². The summed E-state index contributed by atoms with van der Waals surface area (Å²) in [6, 6.07) is 5.66. The van der Waals surface area contributed by atoms with Gasteiger partial charge in [0, 0.05) is 23.3 Å². The molecule has 17 heavy (non-hydrogen) atoms. The van der Waals surface area contributed by atoms with Crippen molar-refractivity contribution in [2.24, 2.45) is 0 Å². The monoisotopic (exact) mass is 335 g/mol. The van der Waals surface area contributed by atoms with E-state index in [0.717, 1.165) is 10.2 Å². The number of alkyl halides is 1. The van der Waals surface area contributed by atoms with Crippen molar-refractivity contribution in [1.29, 1.82) is 0 Å². The van der Waals surface area contributed by atoms with E-state index in [1.807, 2.05) is 25.3 Å². The number of benzene rings is 1. The number of carbonyl (C=O) groups excluding carboxylic acids is 1. The Hall–Kier alpha value is -0.190. The molecule has 1 amide bonds. The van der Waals surface area contributed by atoms with Gasteiger partial charge in [0.05, 0.1) is 10.6 Å². The van der Waals surface area contributed by atoms with Crippen LogP contribution in [0.5, 0.6) is 0 Å². The average Bonchev–Trinajstić information content (AvgIpc) is 2.36. The summed E-state index contributed by atoms with van der Waals surface area (Å²) in [4.78, 5) is 15.0. The highest BCUT2D eigenvalue weighted by Gasteiger charge is 2.19. The zero-order valence-corrected chi connectivity index (χ0v) is 13.2. The predicted molar refractivity (Wildman–Crippen MR) is 78.6 cm³/mol. The van der Waals surface area contributed by atoms with Crippen LogP contribution >= 0.6 is 39.3 Å². The van der Waals surface area contributed by atoms with Crippen molar-refractivity contribution in [1.82, 2.24) is 4.90 Å². The molecule has 0 saturated carbocycles. The van der Waals surface area contributed by atoms with Crippen molar-refractivity contribution in [2.75, 3.05) is 18.6 Å². The van der Waals surface area contributed by atoms with Crippen molar-refractivity contribution in [3.8, 4) is 0 Å². The molecule has 5 heteroatoms. The maximum Gasteiger partial charge on any atom is 0.255 e. The highest BCUT2D eigenvalue weighted by Crippen LogP contribution is 2.24. The van der Waals surface area contributed by atoms with E-state index in [2.05, 4.69) is 15.9 Å². The van der Waals surface area contributed by atoms with E-state index in [0.29, 0.717) is 10.6 Å². The number of rotatable bonds is 4. The van der Waals surface area contributed by atoms with Gasteiger partial charge in [0.2, 0.25) is 0 Å². The smallest absolute Gasteiger partial charge is 0.255 e. The SMILES string of the molecule is CSc1ccc(Cl)c(C(=O)N(C)C(C)CBr)c1. The lowest BCUT2D eigenvalue weighted by Crippen LogP contribution is -2.36. The zero-order chi connectivity index (χ0) is 13.0. The van der Waals surface area contributed by atoms with Crippen molar-refractivity contribution in [2.45, 2.75) is 17.9 Å². The summed E-state index contributed by atoms with van der Waals surface area (Å²) in [5, 5.41) is 1.25. The van der Waals surface area contributed by atoms with Gasteiger partial charge < -0.3 is 4.90 Å². The molecule has 0 heterocycles. The molecule has 0 fully saturated rings. The maximum absolute atomic E-state index is 12.2. The molecule has 2 nitrogen and oxygen atoms in total. The first kappa shape index (κ1) is 14.9. The van der Waals surface area contributed by atoms with E-state index >= 15 is 0 Å². The van der Waals surface area contributed by atoms with E-state index < -0.39 is 0 Å². The van der Waals surface area contributed by atoms with Crippen LogP contribution in [0.1, 0.15) is 17.3 Å². The second kappa shape index (κ2) is 6.66. The van der Waals surface area contributed by atoms with Crippen LogP contribution in [-0.4, -0.2) is 35.5 Å². The normalized spacial score (nSPS) is 12.3. The van der Waals surface area contributed by atoms with Gasteiger partial charge in [0.1, 0.15) is 0 Å². The molecule has 0 bridgehead atoms. The second-order valence-corrected chi connectivity index (χ2v) is 5.70. The van der Waals surface area contributed by atoms with Gasteiger partial charge in [0.15, 0.2) is 0 Å². The molecule has 1 rings (SSSR count). The van der Waals surface area contributed by atoms with Crippen molar-refractivity contribution in [3.05, 3.63) is 28.8 Å². The maximum atomic E-state index is 12.2. The molecular weight excluding hydrogens is 322 g/mol. The Balaban J connectivity index is 3.02. The minimum Gasteiger partial charge on any atom is -0.338 e. The number of halogens is 2. The summed E-state index contributed by atoms with van der Waals surface area (Å²) in [5.74, 6) is -0.0437. The molecule has 94 valence electrons. The van der Waals surface area contributed by atoms with Crippen LogP contribution in [-0.2, 0) is 0 Å². The Kier molecular flexibility index (Phi) is 5.83. The molecule has 0 aliphatic heterocycles. The third-order valence-corrected chi connectivity index (χ3v) is 4.60. The minimum atomic E-state index is -0.0437. The summed E-state index contributed by atoms with van der Waals surface area (Å²) in [7, 11) is 1.79. The van der Waals surface area contributed by atoms with Crippen molar-refractivity contribution in [3.63, 3.8) is 0 Å². The fourth-order valence-electron chi connectivity index (χ4n) is 1.29. The van der Waals surface area contributed by atoms with E-state index in [-0.39, 0.29) is 11.9 Å². The summed E-state index contributed by atoms with van der Waals surface area (Å²) in [6.07, 6.45) is 1.97. The number of hydrogen-bond acceptors (Lipinski definition) is 2. The number of hydrogen-bond donors (Lipinski definition) is 0. The molecule has 0 spiro atoms. The zero-order valence-electron chi connectivity index (χ0n) is 10.0. The highest BCUT2D eigenvalue weighted by molar-refractivity contribution is 9.09. The summed E-state index contributed by atoms with van der Waals surface area (Å²) in [6.45, 7) is 1.99. The summed E-state index contributed by atoms with van der Waals surface area (Å²) in [5.41, 5.74) is 0.564. The van der Waals surface area contributed by atoms with Crippen LogP contribution in [0.4, 0.5) is 0 Å². The number of carbonyl (C=O) groups is 1. The fourth-order valence-corrected chi connectivity index (χ4v) is 2.36. The molecule has 1 unspecified atom stereocenters. The quantitative estimate of drug-likeness (QED) is 0.613. The van der Waals surface area contributed by atoms with Crippen molar-refractivity contribution >= 4 is 45.2 Å². The molecule has 1 atom stereocenters. The number of thioether (sulfide) groups is 1. The second-order valence-electron chi connectivity index (χ2n) is 3.77. The Morgan fingerprint density at radius 1 is 1.59 bits per heavy atom. The van der Waals surface area contributed by atoms with Crippen LogP contribution in [0.2, 0.25) is 5.02 Å². The molecule has 0 radical (unpaired) electrons. The lowest BCUT2D eigenvalue weighted by atomic mass is 10.2. The van der Waals surface area contributed by atoms with Gasteiger partial charge in [-0.3, -0.25) is 4.79 Å². The van der Waals surface area contributed by atoms with Gasteiger partial charge >= 0.3 is 0 Å². The number of amides is 1. The van der Waals surface area contributed by atoms with Crippen LogP contribution < -0.4 is 0 Å². The largest absolute Gasteiger partial charge is 0.338 e. The van der Waals surface area contributed by atoms with Crippen LogP contribution in [0, 0.1) is 0 Å². The van der Waals surface area contributed by atoms with Gasteiger partial charge in [-0.2, -0.15) is 0 Å². The van der Waals surface area contributed by atoms with Crippen LogP contribution in [0.25, 0.3) is 0 Å². The summed E-state index contributed by atoms with van der Waals surface area (Å²) >= 11 is 11.0. The first-order valence-electron chi connectivity index (χ1n) is 5.18. The standard InChI is InChI=1S/C12H15BrClNOS/c1-8(7-13)15(2)12(16)10-6-9(17-3)4-5-11(10)14/h4-6,8H,7H2,1-3H3. The minimum absolute atomic E-state index is 0.0437. The topological polar surface area (TPSA) is 20.3 Å². The Bertz CT molecular complexity index is 413. The van der Waals surface area contributed by atoms with E-state index in [9.17, 15) is 4.79 Å². The fraction of sp³-hybridized carbons (Fsp3) is 0.417. The number of nitrogens with zero attached hydrogens (tertiary/aromatic N) is 1. The van der Waals surface area contributed by atoms with E-state index in [1.54, 1.807) is 29.8 Å². The lowest BCUT2D eigenvalue weighted by molar-refractivity contribution is 0.0758. The molecule has 0 aromatic heterocycles. The molecular formula is C12H15BrClNOS. The Labute approximate surface area is 120 Å². The lowest BCUT2D eigenvalue weighted by Gasteiger charge is -2.23. The molecule has 0 aliphatic carbocycles. The molecule has 1 aromatic rings.